The van der Waals surface area contributed by atoms with Crippen LogP contribution in [0, 0.1) is 0 Å². The van der Waals surface area contributed by atoms with Crippen LogP contribution in [0.15, 0.2) is 11.0 Å². The Morgan fingerprint density at radius 2 is 2.11 bits per heavy atom. The van der Waals surface area contributed by atoms with Gasteiger partial charge < -0.3 is 10.5 Å². The smallest absolute Gasteiger partial charge is 0.382 e. The molecule has 0 aromatic carbocycles. The lowest BCUT2D eigenvalue weighted by Crippen LogP contribution is -2.57. The van der Waals surface area contributed by atoms with Crippen LogP contribution in [0.3, 0.4) is 0 Å². The lowest BCUT2D eigenvalue weighted by Gasteiger charge is -2.39. The van der Waals surface area contributed by atoms with Crippen molar-refractivity contribution < 1.29 is 40.4 Å². The number of hydrogen-bond acceptors (Lipinski definition) is 8. The number of fused-ring (bicyclic) bond motifs is 1. The maximum absolute atomic E-state index is 15.1. The van der Waals surface area contributed by atoms with Gasteiger partial charge in [0.25, 0.3) is 6.43 Å². The molecule has 3 rings (SSSR count). The van der Waals surface area contributed by atoms with Crippen molar-refractivity contribution in [3.8, 4) is 0 Å². The Hall–Kier alpha value is -1.24. The monoisotopic (exact) mass is 451 g/mol. The molecule has 2 aliphatic rings. The molecule has 158 valence electrons. The second kappa shape index (κ2) is 6.92. The third-order valence-electron chi connectivity index (χ3n) is 4.03. The highest BCUT2D eigenvalue weighted by Gasteiger charge is 2.75. The zero-order valence-corrected chi connectivity index (χ0v) is 16.0. The van der Waals surface area contributed by atoms with E-state index in [1.807, 2.05) is 0 Å². The van der Waals surface area contributed by atoms with Gasteiger partial charge in [0, 0.05) is 6.20 Å². The van der Waals surface area contributed by atoms with Gasteiger partial charge in [-0.2, -0.15) is 13.8 Å². The molecule has 4 atom stereocenters. The molecular weight excluding hydrogens is 437 g/mol. The predicted molar refractivity (Wildman–Crippen MR) is 86.4 cm³/mol. The predicted octanol–water partition coefficient (Wildman–Crippen LogP) is 2.60. The van der Waals surface area contributed by atoms with Crippen LogP contribution in [-0.2, 0) is 22.9 Å². The summed E-state index contributed by atoms with van der Waals surface area (Å²) in [6.07, 6.45) is -8.99. The van der Waals surface area contributed by atoms with E-state index < -0.39 is 62.3 Å². The Bertz CT molecular complexity index is 886. The fourth-order valence-electron chi connectivity index (χ4n) is 2.82. The molecule has 9 nitrogen and oxygen atoms in total. The summed E-state index contributed by atoms with van der Waals surface area (Å²) >= 11 is 5.69. The summed E-state index contributed by atoms with van der Waals surface area (Å²) in [5, 5.41) is -0.383. The van der Waals surface area contributed by atoms with Crippen molar-refractivity contribution in [2.45, 2.75) is 50.2 Å². The van der Waals surface area contributed by atoms with Gasteiger partial charge in [-0.25, -0.2) is 18.1 Å². The number of halogens is 5. The SMILES string of the molecule is CC(C)OP1(=O)OC[C@@]2(C(F)F)O[C@@H](n3cc(Cl)c(N)nc3=O)C(F)(F)C2O1. The number of phosphoric ester groups is 1. The molecule has 0 radical (unpaired) electrons. The fraction of sp³-hybridized carbons (Fsp3) is 0.692. The molecule has 3 heterocycles. The van der Waals surface area contributed by atoms with Crippen molar-refractivity contribution in [3.05, 3.63) is 21.7 Å². The van der Waals surface area contributed by atoms with Crippen LogP contribution in [0.1, 0.15) is 20.1 Å². The fourth-order valence-corrected chi connectivity index (χ4v) is 4.59. The van der Waals surface area contributed by atoms with Crippen LogP contribution in [0.2, 0.25) is 5.02 Å². The number of anilines is 1. The number of nitrogen functional groups attached to an aromatic ring is 1. The molecule has 1 aromatic heterocycles. The molecular formula is C13H15ClF4N3O6P. The molecule has 2 unspecified atom stereocenters. The zero-order valence-electron chi connectivity index (χ0n) is 14.4. The van der Waals surface area contributed by atoms with E-state index in [4.69, 9.17) is 35.6 Å². The second-order valence-corrected chi connectivity index (χ2v) is 8.41. The van der Waals surface area contributed by atoms with Crippen LogP contribution in [0.5, 0.6) is 0 Å². The number of ether oxygens (including phenoxy) is 1. The van der Waals surface area contributed by atoms with Gasteiger partial charge in [-0.05, 0) is 13.8 Å². The van der Waals surface area contributed by atoms with Crippen molar-refractivity contribution in [2.24, 2.45) is 0 Å². The maximum Gasteiger partial charge on any atom is 0.475 e. The molecule has 28 heavy (non-hydrogen) atoms. The second-order valence-electron chi connectivity index (χ2n) is 6.42. The van der Waals surface area contributed by atoms with Gasteiger partial charge in [-0.1, -0.05) is 11.6 Å². The van der Waals surface area contributed by atoms with Gasteiger partial charge in [0.1, 0.15) is 5.82 Å². The Labute approximate surface area is 160 Å². The van der Waals surface area contributed by atoms with Crippen LogP contribution < -0.4 is 11.4 Å². The summed E-state index contributed by atoms with van der Waals surface area (Å²) in [7, 11) is -4.59. The molecule has 2 fully saturated rings. The van der Waals surface area contributed by atoms with E-state index in [0.29, 0.717) is 6.20 Å². The van der Waals surface area contributed by atoms with Crippen molar-refractivity contribution in [3.63, 3.8) is 0 Å². The molecule has 2 aliphatic heterocycles. The van der Waals surface area contributed by atoms with Gasteiger partial charge in [-0.15, -0.1) is 0 Å². The zero-order chi connectivity index (χ0) is 21.1. The molecule has 0 saturated carbocycles. The third kappa shape index (κ3) is 3.33. The molecule has 0 amide bonds. The minimum atomic E-state index is -4.59. The van der Waals surface area contributed by atoms with Gasteiger partial charge in [0.15, 0.2) is 11.7 Å². The molecule has 2 saturated heterocycles. The summed E-state index contributed by atoms with van der Waals surface area (Å²) in [5.74, 6) is -4.71. The van der Waals surface area contributed by atoms with E-state index in [2.05, 4.69) is 4.98 Å². The van der Waals surface area contributed by atoms with E-state index in [1.54, 1.807) is 0 Å². The number of nitrogens with two attached hydrogens (primary N) is 1. The number of nitrogens with zero attached hydrogens (tertiary/aromatic N) is 2. The molecule has 0 aliphatic carbocycles. The average Bonchev–Trinajstić information content (AvgIpc) is 2.79. The number of phosphoric acid groups is 1. The summed E-state index contributed by atoms with van der Waals surface area (Å²) < 4.78 is 89.4. The van der Waals surface area contributed by atoms with Crippen molar-refractivity contribution in [1.29, 1.82) is 0 Å². The normalized spacial score (nSPS) is 34.8. The molecule has 0 spiro atoms. The Morgan fingerprint density at radius 1 is 1.46 bits per heavy atom. The minimum Gasteiger partial charge on any atom is -0.382 e. The van der Waals surface area contributed by atoms with E-state index in [0.717, 1.165) is 0 Å². The first kappa shape index (κ1) is 21.5. The van der Waals surface area contributed by atoms with Crippen molar-refractivity contribution >= 4 is 25.2 Å². The highest BCUT2D eigenvalue weighted by Crippen LogP contribution is 2.64. The molecule has 0 bridgehead atoms. The topological polar surface area (TPSA) is 115 Å². The number of alkyl halides is 4. The summed E-state index contributed by atoms with van der Waals surface area (Å²) in [6, 6.07) is 0. The van der Waals surface area contributed by atoms with Crippen molar-refractivity contribution in [1.82, 2.24) is 9.55 Å². The average molecular weight is 452 g/mol. The molecule has 2 N–H and O–H groups in total. The molecule has 15 heteroatoms. The Morgan fingerprint density at radius 3 is 2.68 bits per heavy atom. The van der Waals surface area contributed by atoms with E-state index in [1.165, 1.54) is 13.8 Å². The standard InChI is InChI=1S/C13H15ClF4N3O6P/c1-5(2)26-28(23)24-4-12(9(15)16)8(27-28)13(17,18)10(25-12)21-3-6(14)7(19)20-11(21)22/h3,5,8-10H,4H2,1-2H3,(H2,19,20,22)/t8?,10-,12-,28?/m1/s1. The summed E-state index contributed by atoms with van der Waals surface area (Å²) in [5.41, 5.74) is 0.986. The summed E-state index contributed by atoms with van der Waals surface area (Å²) in [4.78, 5) is 15.2. The highest BCUT2D eigenvalue weighted by molar-refractivity contribution is 7.48. The largest absolute Gasteiger partial charge is 0.475 e. The maximum atomic E-state index is 15.1. The van der Waals surface area contributed by atoms with E-state index >= 15 is 8.78 Å². The lowest BCUT2D eigenvalue weighted by molar-refractivity contribution is -0.209. The first-order chi connectivity index (χ1) is 12.8. The van der Waals surface area contributed by atoms with Crippen LogP contribution in [0.25, 0.3) is 0 Å². The third-order valence-corrected chi connectivity index (χ3v) is 5.92. The quantitative estimate of drug-likeness (QED) is 0.549. The summed E-state index contributed by atoms with van der Waals surface area (Å²) in [6.45, 7) is 1.60. The van der Waals surface area contributed by atoms with Crippen LogP contribution in [-0.4, -0.2) is 46.3 Å². The van der Waals surface area contributed by atoms with Crippen LogP contribution in [0.4, 0.5) is 23.4 Å². The minimum absolute atomic E-state index is 0.207. The lowest BCUT2D eigenvalue weighted by atomic mass is 9.96. The van der Waals surface area contributed by atoms with E-state index in [-0.39, 0.29) is 9.59 Å². The van der Waals surface area contributed by atoms with Gasteiger partial charge in [0.05, 0.1) is 17.7 Å². The number of aromatic nitrogens is 2. The van der Waals surface area contributed by atoms with E-state index in [9.17, 15) is 18.1 Å². The van der Waals surface area contributed by atoms with Crippen LogP contribution >= 0.6 is 19.4 Å². The Balaban J connectivity index is 2.08. The number of hydrogen-bond donors (Lipinski definition) is 1. The molecule has 1 aromatic rings. The first-order valence-corrected chi connectivity index (χ1v) is 9.65. The van der Waals surface area contributed by atoms with Gasteiger partial charge in [-0.3, -0.25) is 18.1 Å². The van der Waals surface area contributed by atoms with Gasteiger partial charge >= 0.3 is 19.4 Å². The Kier molecular flexibility index (Phi) is 5.31. The highest BCUT2D eigenvalue weighted by atomic mass is 35.5. The van der Waals surface area contributed by atoms with Gasteiger partial charge in [0.2, 0.25) is 6.23 Å². The number of rotatable bonds is 4. The van der Waals surface area contributed by atoms with Crippen molar-refractivity contribution in [2.75, 3.05) is 12.3 Å². The first-order valence-electron chi connectivity index (χ1n) is 7.82.